The van der Waals surface area contributed by atoms with Crippen LogP contribution in [0.1, 0.15) is 55.1 Å². The first kappa shape index (κ1) is 21.3. The van der Waals surface area contributed by atoms with Crippen LogP contribution in [0.5, 0.6) is 0 Å². The zero-order valence-electron chi connectivity index (χ0n) is 18.0. The maximum atomic E-state index is 12.5. The third kappa shape index (κ3) is 6.04. The Morgan fingerprint density at radius 1 is 1.07 bits per heavy atom. The number of pyridine rings is 1. The van der Waals surface area contributed by atoms with Crippen LogP contribution in [0.15, 0.2) is 42.6 Å². The smallest absolute Gasteiger partial charge is 0.251 e. The quantitative estimate of drug-likeness (QED) is 0.733. The fraction of sp³-hybridized carbons (Fsp3) is 0.500. The molecule has 0 spiro atoms. The normalized spacial score (nSPS) is 15.0. The molecule has 0 atom stereocenters. The van der Waals surface area contributed by atoms with Crippen LogP contribution in [-0.2, 0) is 13.1 Å². The van der Waals surface area contributed by atoms with Crippen LogP contribution < -0.4 is 10.2 Å². The molecule has 156 valence electrons. The number of hydrogen-bond donors (Lipinski definition) is 1. The molecule has 0 bridgehead atoms. The van der Waals surface area contributed by atoms with E-state index < -0.39 is 0 Å². The Hall–Kier alpha value is -2.40. The average Bonchev–Trinajstić information content (AvgIpc) is 2.77. The van der Waals surface area contributed by atoms with E-state index in [-0.39, 0.29) is 5.91 Å². The van der Waals surface area contributed by atoms with E-state index in [1.165, 1.54) is 18.4 Å². The van der Waals surface area contributed by atoms with Crippen LogP contribution in [0.2, 0.25) is 0 Å². The predicted molar refractivity (Wildman–Crippen MR) is 119 cm³/mol. The van der Waals surface area contributed by atoms with Gasteiger partial charge in [0.15, 0.2) is 0 Å². The van der Waals surface area contributed by atoms with Gasteiger partial charge in [-0.05, 0) is 61.2 Å². The van der Waals surface area contributed by atoms with Gasteiger partial charge in [0.2, 0.25) is 0 Å². The molecule has 1 aliphatic heterocycles. The summed E-state index contributed by atoms with van der Waals surface area (Å²) in [5.74, 6) is 1.80. The Balaban J connectivity index is 1.50. The van der Waals surface area contributed by atoms with Crippen LogP contribution >= 0.6 is 0 Å². The molecule has 0 saturated carbocycles. The second kappa shape index (κ2) is 10.4. The number of carbonyl (C=O) groups is 1. The molecule has 2 heterocycles. The summed E-state index contributed by atoms with van der Waals surface area (Å²) in [5, 5.41) is 3.00. The van der Waals surface area contributed by atoms with E-state index in [1.54, 1.807) is 0 Å². The van der Waals surface area contributed by atoms with E-state index in [9.17, 15) is 4.79 Å². The lowest BCUT2D eigenvalue weighted by Crippen LogP contribution is -2.33. The maximum absolute atomic E-state index is 12.5. The standard InChI is InChI=1S/C24H34N4O/c1-4-27(5-2)18-20-6-9-22(10-7-20)24(29)26-17-21-8-11-23(25-16-21)28-14-12-19(3)13-15-28/h6-11,16,19H,4-5,12-15,17-18H2,1-3H3,(H,26,29). The van der Waals surface area contributed by atoms with E-state index in [0.717, 1.165) is 50.0 Å². The number of rotatable bonds is 8. The van der Waals surface area contributed by atoms with Gasteiger partial charge in [-0.15, -0.1) is 0 Å². The summed E-state index contributed by atoms with van der Waals surface area (Å²) in [5.41, 5.74) is 2.95. The van der Waals surface area contributed by atoms with E-state index in [4.69, 9.17) is 0 Å². The minimum atomic E-state index is -0.0477. The predicted octanol–water partition coefficient (Wildman–Crippen LogP) is 4.09. The topological polar surface area (TPSA) is 48.5 Å². The molecule has 1 amide bonds. The van der Waals surface area contributed by atoms with Gasteiger partial charge in [-0.2, -0.15) is 0 Å². The molecule has 5 heteroatoms. The van der Waals surface area contributed by atoms with Crippen molar-refractivity contribution in [2.45, 2.75) is 46.7 Å². The number of piperidine rings is 1. The lowest BCUT2D eigenvalue weighted by molar-refractivity contribution is 0.0951. The van der Waals surface area contributed by atoms with Gasteiger partial charge in [-0.3, -0.25) is 9.69 Å². The summed E-state index contributed by atoms with van der Waals surface area (Å²) >= 11 is 0. The molecular formula is C24H34N4O. The molecule has 1 aromatic carbocycles. The van der Waals surface area contributed by atoms with Crippen molar-refractivity contribution in [1.29, 1.82) is 0 Å². The molecule has 3 rings (SSSR count). The highest BCUT2D eigenvalue weighted by Crippen LogP contribution is 2.21. The van der Waals surface area contributed by atoms with E-state index in [0.29, 0.717) is 12.1 Å². The van der Waals surface area contributed by atoms with Crippen LogP contribution in [0, 0.1) is 5.92 Å². The first-order chi connectivity index (χ1) is 14.1. The van der Waals surface area contributed by atoms with Crippen molar-refractivity contribution >= 4 is 11.7 Å². The van der Waals surface area contributed by atoms with E-state index >= 15 is 0 Å². The number of carbonyl (C=O) groups excluding carboxylic acids is 1. The van der Waals surface area contributed by atoms with Crippen molar-refractivity contribution in [3.63, 3.8) is 0 Å². The Bertz CT molecular complexity index is 760. The summed E-state index contributed by atoms with van der Waals surface area (Å²) in [6, 6.07) is 12.0. The van der Waals surface area contributed by atoms with Gasteiger partial charge in [0.1, 0.15) is 5.82 Å². The molecule has 0 radical (unpaired) electrons. The monoisotopic (exact) mass is 394 g/mol. The number of anilines is 1. The fourth-order valence-corrected chi connectivity index (χ4v) is 3.70. The van der Waals surface area contributed by atoms with Gasteiger partial charge in [0.25, 0.3) is 5.91 Å². The van der Waals surface area contributed by atoms with Crippen LogP contribution in [0.25, 0.3) is 0 Å². The Kier molecular flexibility index (Phi) is 7.64. The van der Waals surface area contributed by atoms with Crippen LogP contribution in [0.3, 0.4) is 0 Å². The second-order valence-corrected chi connectivity index (χ2v) is 8.04. The Morgan fingerprint density at radius 3 is 2.31 bits per heavy atom. The van der Waals surface area contributed by atoms with Crippen molar-refractivity contribution in [2.24, 2.45) is 5.92 Å². The average molecular weight is 395 g/mol. The number of amides is 1. The van der Waals surface area contributed by atoms with Gasteiger partial charge < -0.3 is 10.2 Å². The number of aromatic nitrogens is 1. The Morgan fingerprint density at radius 2 is 1.72 bits per heavy atom. The lowest BCUT2D eigenvalue weighted by atomic mass is 9.99. The van der Waals surface area contributed by atoms with Crippen molar-refractivity contribution in [1.82, 2.24) is 15.2 Å². The summed E-state index contributed by atoms with van der Waals surface area (Å²) in [6.45, 7) is 12.3. The van der Waals surface area contributed by atoms with Crippen molar-refractivity contribution < 1.29 is 4.79 Å². The molecule has 0 aliphatic carbocycles. The van der Waals surface area contributed by atoms with Crippen LogP contribution in [-0.4, -0.2) is 42.0 Å². The molecule has 1 fully saturated rings. The van der Waals surface area contributed by atoms with Gasteiger partial charge in [-0.25, -0.2) is 4.98 Å². The lowest BCUT2D eigenvalue weighted by Gasteiger charge is -2.31. The summed E-state index contributed by atoms with van der Waals surface area (Å²) in [4.78, 5) is 21.8. The zero-order valence-corrected chi connectivity index (χ0v) is 18.0. The second-order valence-electron chi connectivity index (χ2n) is 8.04. The molecule has 1 N–H and O–H groups in total. The molecule has 1 aliphatic rings. The highest BCUT2D eigenvalue weighted by atomic mass is 16.1. The Labute approximate surface area is 175 Å². The molecular weight excluding hydrogens is 360 g/mol. The minimum Gasteiger partial charge on any atom is -0.357 e. The molecule has 1 saturated heterocycles. The van der Waals surface area contributed by atoms with Gasteiger partial charge in [0, 0.05) is 37.9 Å². The van der Waals surface area contributed by atoms with Gasteiger partial charge in [0.05, 0.1) is 0 Å². The van der Waals surface area contributed by atoms with Gasteiger partial charge >= 0.3 is 0 Å². The summed E-state index contributed by atoms with van der Waals surface area (Å²) in [7, 11) is 0. The largest absolute Gasteiger partial charge is 0.357 e. The number of nitrogens with zero attached hydrogens (tertiary/aromatic N) is 3. The van der Waals surface area contributed by atoms with Gasteiger partial charge in [-0.1, -0.05) is 39.0 Å². The third-order valence-corrected chi connectivity index (χ3v) is 5.89. The molecule has 2 aromatic rings. The summed E-state index contributed by atoms with van der Waals surface area (Å²) < 4.78 is 0. The third-order valence-electron chi connectivity index (χ3n) is 5.89. The SMILES string of the molecule is CCN(CC)Cc1ccc(C(=O)NCc2ccc(N3CCC(C)CC3)nc2)cc1. The van der Waals surface area contributed by atoms with E-state index in [2.05, 4.69) is 53.0 Å². The number of nitrogens with one attached hydrogen (secondary N) is 1. The highest BCUT2D eigenvalue weighted by Gasteiger charge is 2.16. The number of benzene rings is 1. The minimum absolute atomic E-state index is 0.0477. The fourth-order valence-electron chi connectivity index (χ4n) is 3.70. The molecule has 1 aromatic heterocycles. The summed E-state index contributed by atoms with van der Waals surface area (Å²) in [6.07, 6.45) is 4.33. The maximum Gasteiger partial charge on any atom is 0.251 e. The van der Waals surface area contributed by atoms with Crippen molar-refractivity contribution in [2.75, 3.05) is 31.1 Å². The van der Waals surface area contributed by atoms with Crippen molar-refractivity contribution in [3.05, 3.63) is 59.3 Å². The molecule has 29 heavy (non-hydrogen) atoms. The zero-order chi connectivity index (χ0) is 20.6. The first-order valence-corrected chi connectivity index (χ1v) is 10.9. The van der Waals surface area contributed by atoms with E-state index in [1.807, 2.05) is 30.5 Å². The molecule has 0 unspecified atom stereocenters. The molecule has 5 nitrogen and oxygen atoms in total. The number of hydrogen-bond acceptors (Lipinski definition) is 4. The highest BCUT2D eigenvalue weighted by molar-refractivity contribution is 5.94. The van der Waals surface area contributed by atoms with Crippen molar-refractivity contribution in [3.8, 4) is 0 Å². The first-order valence-electron chi connectivity index (χ1n) is 10.9. The van der Waals surface area contributed by atoms with Crippen LogP contribution in [0.4, 0.5) is 5.82 Å².